The van der Waals surface area contributed by atoms with Gasteiger partial charge in [0.25, 0.3) is 0 Å². The van der Waals surface area contributed by atoms with Crippen LogP contribution in [0.1, 0.15) is 35.6 Å². The minimum Gasteiger partial charge on any atom is -0.481 e. The van der Waals surface area contributed by atoms with Crippen molar-refractivity contribution in [3.8, 4) is 0 Å². The molecule has 1 aromatic heterocycles. The highest BCUT2D eigenvalue weighted by Crippen LogP contribution is 2.37. The Hall–Kier alpha value is -2.63. The SMILES string of the molecule is Cc1ccc(CN2C(=O)CCC(C(=O)O)C2c2cnn(C)c2)cc1. The molecule has 0 spiro atoms. The molecule has 0 saturated carbocycles. The topological polar surface area (TPSA) is 75.4 Å². The molecule has 1 saturated heterocycles. The Morgan fingerprint density at radius 3 is 2.62 bits per heavy atom. The van der Waals surface area contributed by atoms with Crippen LogP contribution in [0, 0.1) is 12.8 Å². The number of hydrogen-bond donors (Lipinski definition) is 1. The molecule has 2 heterocycles. The number of carboxylic acid groups (broad SMARTS) is 1. The standard InChI is InChI=1S/C18H21N3O3/c1-12-3-5-13(6-4-12)10-21-16(22)8-7-15(18(23)24)17(21)14-9-19-20(2)11-14/h3-6,9,11,15,17H,7-8,10H2,1-2H3,(H,23,24). The van der Waals surface area contributed by atoms with Crippen molar-refractivity contribution in [2.45, 2.75) is 32.4 Å². The molecule has 0 aliphatic carbocycles. The molecule has 2 unspecified atom stereocenters. The Morgan fingerprint density at radius 2 is 2.04 bits per heavy atom. The summed E-state index contributed by atoms with van der Waals surface area (Å²) in [7, 11) is 1.79. The van der Waals surface area contributed by atoms with E-state index < -0.39 is 17.9 Å². The Morgan fingerprint density at radius 1 is 1.33 bits per heavy atom. The van der Waals surface area contributed by atoms with Crippen molar-refractivity contribution in [2.24, 2.45) is 13.0 Å². The molecule has 24 heavy (non-hydrogen) atoms. The second-order valence-corrected chi connectivity index (χ2v) is 6.38. The monoisotopic (exact) mass is 327 g/mol. The van der Waals surface area contributed by atoms with Crippen LogP contribution < -0.4 is 0 Å². The molecule has 3 rings (SSSR count). The minimum absolute atomic E-state index is 0.0121. The molecular formula is C18H21N3O3. The van der Waals surface area contributed by atoms with E-state index in [0.717, 1.165) is 16.7 Å². The first kappa shape index (κ1) is 16.2. The van der Waals surface area contributed by atoms with Crippen LogP contribution >= 0.6 is 0 Å². The lowest BCUT2D eigenvalue weighted by Gasteiger charge is -2.39. The number of benzene rings is 1. The first-order valence-corrected chi connectivity index (χ1v) is 8.02. The van der Waals surface area contributed by atoms with E-state index in [4.69, 9.17) is 0 Å². The molecule has 126 valence electrons. The lowest BCUT2D eigenvalue weighted by Crippen LogP contribution is -2.44. The number of piperidine rings is 1. The van der Waals surface area contributed by atoms with Gasteiger partial charge in [-0.15, -0.1) is 0 Å². The zero-order valence-electron chi connectivity index (χ0n) is 13.8. The fourth-order valence-corrected chi connectivity index (χ4v) is 3.29. The quantitative estimate of drug-likeness (QED) is 0.935. The molecule has 0 radical (unpaired) electrons. The zero-order valence-corrected chi connectivity index (χ0v) is 13.8. The second-order valence-electron chi connectivity index (χ2n) is 6.38. The highest BCUT2D eigenvalue weighted by Gasteiger charge is 2.41. The van der Waals surface area contributed by atoms with Crippen LogP contribution in [0.25, 0.3) is 0 Å². The summed E-state index contributed by atoms with van der Waals surface area (Å²) in [6.07, 6.45) is 4.07. The van der Waals surface area contributed by atoms with Gasteiger partial charge in [-0.25, -0.2) is 0 Å². The first-order valence-electron chi connectivity index (χ1n) is 8.02. The number of rotatable bonds is 4. The van der Waals surface area contributed by atoms with Crippen LogP contribution in [-0.4, -0.2) is 31.7 Å². The third-order valence-corrected chi connectivity index (χ3v) is 4.56. The average molecular weight is 327 g/mol. The molecule has 2 atom stereocenters. The van der Waals surface area contributed by atoms with Gasteiger partial charge in [-0.1, -0.05) is 29.8 Å². The molecule has 2 aromatic rings. The Bertz CT molecular complexity index is 751. The van der Waals surface area contributed by atoms with Crippen LogP contribution in [-0.2, 0) is 23.2 Å². The van der Waals surface area contributed by atoms with Crippen LogP contribution in [0.15, 0.2) is 36.7 Å². The summed E-state index contributed by atoms with van der Waals surface area (Å²) in [6.45, 7) is 2.41. The fraction of sp³-hybridized carbons (Fsp3) is 0.389. The summed E-state index contributed by atoms with van der Waals surface area (Å²) in [5, 5.41) is 13.8. The van der Waals surface area contributed by atoms with Crippen LogP contribution in [0.2, 0.25) is 0 Å². The van der Waals surface area contributed by atoms with Crippen molar-refractivity contribution in [1.82, 2.24) is 14.7 Å². The van der Waals surface area contributed by atoms with Gasteiger partial charge in [0, 0.05) is 31.8 Å². The van der Waals surface area contributed by atoms with E-state index in [2.05, 4.69) is 5.10 Å². The van der Waals surface area contributed by atoms with Gasteiger partial charge in [-0.2, -0.15) is 5.10 Å². The first-order chi connectivity index (χ1) is 11.5. The maximum Gasteiger partial charge on any atom is 0.308 e. The third kappa shape index (κ3) is 3.18. The predicted molar refractivity (Wildman–Crippen MR) is 88.0 cm³/mol. The third-order valence-electron chi connectivity index (χ3n) is 4.56. The number of aryl methyl sites for hydroxylation is 2. The lowest BCUT2D eigenvalue weighted by molar-refractivity contribution is -0.152. The Balaban J connectivity index is 1.96. The van der Waals surface area contributed by atoms with Gasteiger partial charge in [0.1, 0.15) is 0 Å². The normalized spacial score (nSPS) is 21.1. The Kier molecular flexibility index (Phi) is 4.38. The molecule has 1 fully saturated rings. The molecule has 1 amide bonds. The van der Waals surface area contributed by atoms with Crippen molar-refractivity contribution in [2.75, 3.05) is 0 Å². The predicted octanol–water partition coefficient (Wildman–Crippen LogP) is 2.29. The van der Waals surface area contributed by atoms with Gasteiger partial charge in [0.2, 0.25) is 5.91 Å². The van der Waals surface area contributed by atoms with E-state index in [0.29, 0.717) is 13.0 Å². The fourth-order valence-electron chi connectivity index (χ4n) is 3.29. The molecule has 6 nitrogen and oxygen atoms in total. The van der Waals surface area contributed by atoms with Gasteiger partial charge in [-0.3, -0.25) is 14.3 Å². The average Bonchev–Trinajstić information content (AvgIpc) is 2.97. The number of aromatic nitrogens is 2. The number of amides is 1. The maximum atomic E-state index is 12.5. The number of hydrogen-bond acceptors (Lipinski definition) is 3. The summed E-state index contributed by atoms with van der Waals surface area (Å²) < 4.78 is 1.64. The van der Waals surface area contributed by atoms with Crippen molar-refractivity contribution in [3.05, 3.63) is 53.3 Å². The summed E-state index contributed by atoms with van der Waals surface area (Å²) in [6, 6.07) is 7.47. The number of carboxylic acids is 1. The summed E-state index contributed by atoms with van der Waals surface area (Å²) in [5.41, 5.74) is 2.91. The van der Waals surface area contributed by atoms with Gasteiger partial charge >= 0.3 is 5.97 Å². The van der Waals surface area contributed by atoms with E-state index in [9.17, 15) is 14.7 Å². The van der Waals surface area contributed by atoms with Gasteiger partial charge in [0.05, 0.1) is 18.2 Å². The van der Waals surface area contributed by atoms with Crippen molar-refractivity contribution in [3.63, 3.8) is 0 Å². The van der Waals surface area contributed by atoms with E-state index in [1.54, 1.807) is 29.0 Å². The van der Waals surface area contributed by atoms with E-state index in [1.165, 1.54) is 0 Å². The van der Waals surface area contributed by atoms with E-state index >= 15 is 0 Å². The van der Waals surface area contributed by atoms with Crippen LogP contribution in [0.5, 0.6) is 0 Å². The number of aliphatic carboxylic acids is 1. The number of carbonyl (C=O) groups excluding carboxylic acids is 1. The highest BCUT2D eigenvalue weighted by molar-refractivity contribution is 5.81. The molecule has 1 aromatic carbocycles. The van der Waals surface area contributed by atoms with E-state index in [1.807, 2.05) is 31.2 Å². The summed E-state index contributed by atoms with van der Waals surface area (Å²) in [4.78, 5) is 25.9. The number of nitrogens with zero attached hydrogens (tertiary/aromatic N) is 3. The van der Waals surface area contributed by atoms with Gasteiger partial charge in [0.15, 0.2) is 0 Å². The number of carbonyl (C=O) groups is 2. The van der Waals surface area contributed by atoms with Gasteiger partial charge < -0.3 is 10.0 Å². The molecule has 1 aliphatic heterocycles. The highest BCUT2D eigenvalue weighted by atomic mass is 16.4. The van der Waals surface area contributed by atoms with Gasteiger partial charge in [-0.05, 0) is 18.9 Å². The minimum atomic E-state index is -0.870. The molecule has 1 N–H and O–H groups in total. The largest absolute Gasteiger partial charge is 0.481 e. The van der Waals surface area contributed by atoms with Crippen LogP contribution in [0.3, 0.4) is 0 Å². The lowest BCUT2D eigenvalue weighted by atomic mass is 9.85. The van der Waals surface area contributed by atoms with E-state index in [-0.39, 0.29) is 12.3 Å². The number of likely N-dealkylation sites (tertiary alicyclic amines) is 1. The molecule has 1 aliphatic rings. The maximum absolute atomic E-state index is 12.5. The van der Waals surface area contributed by atoms with Crippen molar-refractivity contribution >= 4 is 11.9 Å². The Labute approximate surface area is 140 Å². The van der Waals surface area contributed by atoms with Crippen molar-refractivity contribution in [1.29, 1.82) is 0 Å². The smallest absolute Gasteiger partial charge is 0.308 e. The zero-order chi connectivity index (χ0) is 17.3. The summed E-state index contributed by atoms with van der Waals surface area (Å²) >= 11 is 0. The summed E-state index contributed by atoms with van der Waals surface area (Å²) in [5.74, 6) is -1.50. The van der Waals surface area contributed by atoms with Crippen molar-refractivity contribution < 1.29 is 14.7 Å². The molecule has 0 bridgehead atoms. The van der Waals surface area contributed by atoms with Crippen LogP contribution in [0.4, 0.5) is 0 Å². The molecular weight excluding hydrogens is 306 g/mol. The molecule has 6 heteroatoms. The second kappa shape index (κ2) is 6.47.